The topological polar surface area (TPSA) is 138 Å². The molecule has 266 valence electrons. The molecule has 1 saturated heterocycles. The minimum atomic E-state index is -1.51. The number of guanidine groups is 1. The number of alkyl halides is 1. The Hall–Kier alpha value is -6.21. The Morgan fingerprint density at radius 1 is 0.846 bits per heavy atom. The van der Waals surface area contributed by atoms with Crippen LogP contribution in [0.25, 0.3) is 11.1 Å². The minimum Gasteiger partial charge on any atom is -0.443 e. The number of nitrogens with two attached hydrogens (primary N) is 2. The highest BCUT2D eigenvalue weighted by Crippen LogP contribution is 2.40. The lowest BCUT2D eigenvalue weighted by atomic mass is 9.80. The third-order valence-corrected chi connectivity index (χ3v) is 8.30. The third kappa shape index (κ3) is 8.05. The van der Waals surface area contributed by atoms with Gasteiger partial charge >= 0.3 is 6.09 Å². The van der Waals surface area contributed by atoms with Crippen molar-refractivity contribution >= 4 is 23.6 Å². The fourth-order valence-corrected chi connectivity index (χ4v) is 5.85. The van der Waals surface area contributed by atoms with E-state index in [0.29, 0.717) is 5.71 Å². The highest BCUT2D eigenvalue weighted by molar-refractivity contribution is 5.99. The van der Waals surface area contributed by atoms with Crippen LogP contribution in [-0.4, -0.2) is 55.2 Å². The van der Waals surface area contributed by atoms with Crippen LogP contribution in [0.5, 0.6) is 0 Å². The molecule has 1 fully saturated rings. The number of hydrogen-bond donors (Lipinski definition) is 2. The van der Waals surface area contributed by atoms with E-state index in [-0.39, 0.29) is 48.8 Å². The van der Waals surface area contributed by atoms with Crippen molar-refractivity contribution in [2.24, 2.45) is 21.6 Å². The fraction of sp³-hybridized carbons (Fsp3) is 0.179. The highest BCUT2D eigenvalue weighted by Gasteiger charge is 2.38. The smallest absolute Gasteiger partial charge is 0.437 e. The number of carbonyl (C=O) groups is 1. The molecule has 0 aliphatic carbocycles. The first-order valence-electron chi connectivity index (χ1n) is 16.3. The van der Waals surface area contributed by atoms with Crippen LogP contribution in [0.15, 0.2) is 132 Å². The number of pyridine rings is 1. The molecule has 10 nitrogen and oxygen atoms in total. The van der Waals surface area contributed by atoms with Crippen molar-refractivity contribution in [1.82, 2.24) is 4.98 Å². The zero-order valence-electron chi connectivity index (χ0n) is 27.9. The van der Waals surface area contributed by atoms with Gasteiger partial charge in [-0.3, -0.25) is 0 Å². The number of benzene rings is 4. The van der Waals surface area contributed by atoms with E-state index in [9.17, 15) is 4.79 Å². The van der Waals surface area contributed by atoms with Gasteiger partial charge in [0.05, 0.1) is 25.4 Å². The number of ether oxygens (including phenoxy) is 2. The van der Waals surface area contributed by atoms with E-state index in [1.807, 2.05) is 91.0 Å². The number of oxime groups is 1. The Balaban J connectivity index is 1.06. The van der Waals surface area contributed by atoms with E-state index in [1.165, 1.54) is 24.4 Å². The average Bonchev–Trinajstić information content (AvgIpc) is 3.14. The summed E-state index contributed by atoms with van der Waals surface area (Å²) >= 11 is 0. The summed E-state index contributed by atoms with van der Waals surface area (Å²) in [4.78, 5) is 26.0. The van der Waals surface area contributed by atoms with Gasteiger partial charge < -0.3 is 30.7 Å². The molecule has 5 aromatic rings. The van der Waals surface area contributed by atoms with Crippen LogP contribution in [0.2, 0.25) is 0 Å². The van der Waals surface area contributed by atoms with Crippen LogP contribution in [0.1, 0.15) is 22.3 Å². The van der Waals surface area contributed by atoms with Crippen LogP contribution in [0, 0.1) is 11.6 Å². The zero-order valence-corrected chi connectivity index (χ0v) is 27.9. The molecule has 1 amide bonds. The molecule has 1 aliphatic heterocycles. The summed E-state index contributed by atoms with van der Waals surface area (Å²) in [5.74, 6) is -1.84. The third-order valence-electron chi connectivity index (χ3n) is 8.30. The van der Waals surface area contributed by atoms with Gasteiger partial charge in [-0.05, 0) is 22.8 Å². The second kappa shape index (κ2) is 16.2. The number of halogens is 3. The predicted octanol–water partition coefficient (Wildman–Crippen LogP) is 6.48. The SMILES string of the molecule is NC(N)=NC(=O)OCc1cccc(-c2cnc(N3CC(=NOCC(F)COC(c4ccccc4)(c4ccccc4)c4ccccc4)C3)c(F)c2)c1F. The molecule has 1 aliphatic rings. The van der Waals surface area contributed by atoms with E-state index in [2.05, 4.69) is 15.1 Å². The van der Waals surface area contributed by atoms with Gasteiger partial charge in [-0.25, -0.2) is 22.9 Å². The van der Waals surface area contributed by atoms with Crippen molar-refractivity contribution in [2.75, 3.05) is 31.2 Å². The Labute approximate surface area is 298 Å². The maximum absolute atomic E-state index is 15.4. The van der Waals surface area contributed by atoms with Crippen LogP contribution in [0.4, 0.5) is 23.8 Å². The Morgan fingerprint density at radius 2 is 1.44 bits per heavy atom. The van der Waals surface area contributed by atoms with Crippen molar-refractivity contribution in [3.8, 4) is 11.1 Å². The number of carbonyl (C=O) groups excluding carboxylic acids is 1. The quantitative estimate of drug-likeness (QED) is 0.0614. The monoisotopic (exact) mass is 708 g/mol. The van der Waals surface area contributed by atoms with Gasteiger partial charge in [0, 0.05) is 22.9 Å². The van der Waals surface area contributed by atoms with E-state index < -0.39 is 42.1 Å². The van der Waals surface area contributed by atoms with Gasteiger partial charge in [0.2, 0.25) is 0 Å². The molecule has 1 aromatic heterocycles. The summed E-state index contributed by atoms with van der Waals surface area (Å²) in [6.45, 7) is -0.643. The number of rotatable bonds is 13. The lowest BCUT2D eigenvalue weighted by Crippen LogP contribution is -2.48. The Bertz CT molecular complexity index is 1940. The number of nitrogens with zero attached hydrogens (tertiary/aromatic N) is 4. The standard InChI is InChI=1S/C39H35F3N6O4/c40-31(24-51-39(28-12-4-1-5-13-28,29-14-6-2-7-15-29)30-16-8-3-9-17-30)25-52-47-32-21-48(22-32)36-34(41)19-27(20-45-36)33-18-10-11-26(35(33)42)23-50-38(49)46-37(43)44/h1-20,31H,21-25H2,(H4,43,44,46,49). The molecule has 1 unspecified atom stereocenters. The lowest BCUT2D eigenvalue weighted by molar-refractivity contribution is -0.0372. The summed E-state index contributed by atoms with van der Waals surface area (Å²) < 4.78 is 57.1. The van der Waals surface area contributed by atoms with Gasteiger partial charge in [0.25, 0.3) is 0 Å². The molecule has 52 heavy (non-hydrogen) atoms. The molecule has 1 atom stereocenters. The summed E-state index contributed by atoms with van der Waals surface area (Å²) in [5.41, 5.74) is 12.6. The molecule has 0 spiro atoms. The molecular formula is C39H35F3N6O4. The lowest BCUT2D eigenvalue weighted by Gasteiger charge is -2.36. The minimum absolute atomic E-state index is 0.0368. The highest BCUT2D eigenvalue weighted by atomic mass is 19.1. The maximum Gasteiger partial charge on any atom is 0.437 e. The largest absolute Gasteiger partial charge is 0.443 e. The van der Waals surface area contributed by atoms with Crippen LogP contribution in [-0.2, 0) is 26.5 Å². The Morgan fingerprint density at radius 3 is 2.00 bits per heavy atom. The molecule has 2 heterocycles. The molecule has 4 N–H and O–H groups in total. The zero-order chi connectivity index (χ0) is 36.5. The van der Waals surface area contributed by atoms with Gasteiger partial charge in [-0.15, -0.1) is 4.99 Å². The first-order chi connectivity index (χ1) is 25.2. The van der Waals surface area contributed by atoms with Crippen molar-refractivity contribution in [1.29, 1.82) is 0 Å². The number of amides is 1. The predicted molar refractivity (Wildman–Crippen MR) is 191 cm³/mol. The van der Waals surface area contributed by atoms with Crippen molar-refractivity contribution in [3.63, 3.8) is 0 Å². The van der Waals surface area contributed by atoms with Gasteiger partial charge in [0.1, 0.15) is 18.0 Å². The molecule has 0 saturated carbocycles. The van der Waals surface area contributed by atoms with Gasteiger partial charge in [-0.2, -0.15) is 0 Å². The van der Waals surface area contributed by atoms with Gasteiger partial charge in [0.15, 0.2) is 30.4 Å². The van der Waals surface area contributed by atoms with Crippen LogP contribution < -0.4 is 16.4 Å². The first-order valence-corrected chi connectivity index (χ1v) is 16.3. The van der Waals surface area contributed by atoms with E-state index in [0.717, 1.165) is 22.8 Å². The van der Waals surface area contributed by atoms with Crippen molar-refractivity contribution in [3.05, 3.63) is 155 Å². The second-order valence-electron chi connectivity index (χ2n) is 11.9. The number of hydrogen-bond acceptors (Lipinski definition) is 7. The molecule has 4 aromatic carbocycles. The summed E-state index contributed by atoms with van der Waals surface area (Å²) in [6, 6.07) is 34.6. The van der Waals surface area contributed by atoms with Crippen molar-refractivity contribution < 1.29 is 32.3 Å². The first kappa shape index (κ1) is 35.6. The number of anilines is 1. The average molecular weight is 709 g/mol. The normalized spacial score (nSPS) is 13.1. The number of aliphatic imine (C=N–C) groups is 1. The molecule has 0 radical (unpaired) electrons. The number of aromatic nitrogens is 1. The molecule has 13 heteroatoms. The second-order valence-corrected chi connectivity index (χ2v) is 11.9. The van der Waals surface area contributed by atoms with Crippen LogP contribution >= 0.6 is 0 Å². The van der Waals surface area contributed by atoms with Gasteiger partial charge in [-0.1, -0.05) is 114 Å². The van der Waals surface area contributed by atoms with E-state index in [4.69, 9.17) is 25.8 Å². The van der Waals surface area contributed by atoms with E-state index in [1.54, 1.807) is 4.90 Å². The van der Waals surface area contributed by atoms with Crippen LogP contribution in [0.3, 0.4) is 0 Å². The molecular weight excluding hydrogens is 673 g/mol. The maximum atomic E-state index is 15.4. The fourth-order valence-electron chi connectivity index (χ4n) is 5.85. The molecule has 6 rings (SSSR count). The summed E-state index contributed by atoms with van der Waals surface area (Å²) in [5, 5.41) is 4.05. The van der Waals surface area contributed by atoms with E-state index >= 15 is 13.2 Å². The summed E-state index contributed by atoms with van der Waals surface area (Å²) in [6.07, 6.45) is -1.24. The summed E-state index contributed by atoms with van der Waals surface area (Å²) in [7, 11) is 0. The molecule has 0 bridgehead atoms. The van der Waals surface area contributed by atoms with Crippen molar-refractivity contribution in [2.45, 2.75) is 18.4 Å². The Kier molecular flexibility index (Phi) is 11.1.